The van der Waals surface area contributed by atoms with Crippen LogP contribution >= 0.6 is 0 Å². The van der Waals surface area contributed by atoms with E-state index in [0.717, 1.165) is 0 Å². The van der Waals surface area contributed by atoms with Gasteiger partial charge in [0, 0.05) is 11.3 Å². The molecule has 3 heterocycles. The van der Waals surface area contributed by atoms with Crippen molar-refractivity contribution in [1.29, 1.82) is 0 Å². The Labute approximate surface area is 113 Å². The minimum Gasteiger partial charge on any atom is -0.395 e. The van der Waals surface area contributed by atoms with E-state index in [1.807, 2.05) is 0 Å². The number of nitrogens with one attached hydrogen (secondary N) is 3. The van der Waals surface area contributed by atoms with Crippen LogP contribution in [0.5, 0.6) is 0 Å². The zero-order valence-electron chi connectivity index (χ0n) is 10.8. The summed E-state index contributed by atoms with van der Waals surface area (Å²) < 4.78 is 0. The Kier molecular flexibility index (Phi) is 3.09. The van der Waals surface area contributed by atoms with E-state index in [9.17, 15) is 20.1 Å². The molecule has 0 amide bonds. The fourth-order valence-electron chi connectivity index (χ4n) is 2.81. The van der Waals surface area contributed by atoms with E-state index in [-0.39, 0.29) is 12.2 Å². The molecule has 1 aliphatic rings. The van der Waals surface area contributed by atoms with Gasteiger partial charge in [0.2, 0.25) is 0 Å². The maximum Gasteiger partial charge on any atom is 0.275 e. The first-order valence-electron chi connectivity index (χ1n) is 6.33. The largest absolute Gasteiger partial charge is 0.395 e. The van der Waals surface area contributed by atoms with E-state index in [1.165, 1.54) is 6.33 Å². The molecule has 0 saturated carbocycles. The first-order valence-corrected chi connectivity index (χ1v) is 6.33. The zero-order chi connectivity index (χ0) is 14.4. The van der Waals surface area contributed by atoms with Gasteiger partial charge in [0.05, 0.1) is 31.1 Å². The summed E-state index contributed by atoms with van der Waals surface area (Å²) in [6.45, 7) is 1.48. The Balaban J connectivity index is 2.14. The van der Waals surface area contributed by atoms with Crippen LogP contribution in [0.2, 0.25) is 0 Å². The van der Waals surface area contributed by atoms with Crippen molar-refractivity contribution < 1.29 is 15.3 Å². The van der Waals surface area contributed by atoms with Crippen LogP contribution in [0.1, 0.15) is 17.3 Å². The molecule has 0 radical (unpaired) electrons. The van der Waals surface area contributed by atoms with E-state index in [4.69, 9.17) is 0 Å². The number of aromatic amines is 2. The number of hydrogen-bond donors (Lipinski definition) is 6. The second-order valence-electron chi connectivity index (χ2n) is 5.03. The maximum atomic E-state index is 11.7. The van der Waals surface area contributed by atoms with E-state index in [0.29, 0.717) is 22.3 Å². The number of nitrogens with zero attached hydrogens (tertiary/aromatic N) is 1. The standard InChI is InChI=1S/C12H16N4O4/c1-4-6(7-9(15-4)12(20)14-3-13-7)8-11(19)10(18)5(2-17)16-8/h3,5,8,10-11,15-19H,2H2,1H3,(H,13,14,20)/t5-,8+,10-,11+/m1/s1. The Morgan fingerprint density at radius 2 is 2.10 bits per heavy atom. The summed E-state index contributed by atoms with van der Waals surface area (Å²) in [5, 5.41) is 32.2. The molecular formula is C12H16N4O4. The average Bonchev–Trinajstić information content (AvgIpc) is 2.90. The van der Waals surface area contributed by atoms with Crippen molar-refractivity contribution in [3.05, 3.63) is 27.9 Å². The number of aromatic nitrogens is 3. The molecule has 1 aliphatic heterocycles. The van der Waals surface area contributed by atoms with Gasteiger partial charge in [-0.05, 0) is 6.92 Å². The van der Waals surface area contributed by atoms with Crippen molar-refractivity contribution >= 4 is 11.0 Å². The lowest BCUT2D eigenvalue weighted by Gasteiger charge is -2.16. The highest BCUT2D eigenvalue weighted by Gasteiger charge is 2.43. The van der Waals surface area contributed by atoms with E-state index >= 15 is 0 Å². The van der Waals surface area contributed by atoms with Gasteiger partial charge in [-0.2, -0.15) is 0 Å². The molecule has 0 aromatic carbocycles. The molecule has 8 heteroatoms. The Bertz CT molecular complexity index is 694. The minimum absolute atomic E-state index is 0.288. The third-order valence-electron chi connectivity index (χ3n) is 3.83. The highest BCUT2D eigenvalue weighted by atomic mass is 16.3. The van der Waals surface area contributed by atoms with Crippen LogP contribution in [0.15, 0.2) is 11.1 Å². The van der Waals surface area contributed by atoms with Gasteiger partial charge in [-0.3, -0.25) is 4.79 Å². The van der Waals surface area contributed by atoms with Crippen molar-refractivity contribution in [2.24, 2.45) is 0 Å². The Morgan fingerprint density at radius 1 is 1.35 bits per heavy atom. The smallest absolute Gasteiger partial charge is 0.275 e. The second-order valence-corrected chi connectivity index (χ2v) is 5.03. The molecule has 0 aliphatic carbocycles. The first-order chi connectivity index (χ1) is 9.54. The van der Waals surface area contributed by atoms with Gasteiger partial charge in [-0.15, -0.1) is 0 Å². The third-order valence-corrected chi connectivity index (χ3v) is 3.83. The van der Waals surface area contributed by atoms with E-state index in [1.54, 1.807) is 6.92 Å². The summed E-state index contributed by atoms with van der Waals surface area (Å²) >= 11 is 0. The van der Waals surface area contributed by atoms with Gasteiger partial charge in [0.15, 0.2) is 0 Å². The van der Waals surface area contributed by atoms with Crippen molar-refractivity contribution in [3.63, 3.8) is 0 Å². The normalized spacial score (nSPS) is 30.2. The molecule has 20 heavy (non-hydrogen) atoms. The molecule has 2 aromatic rings. The van der Waals surface area contributed by atoms with Gasteiger partial charge >= 0.3 is 0 Å². The van der Waals surface area contributed by atoms with Crippen molar-refractivity contribution in [3.8, 4) is 0 Å². The summed E-state index contributed by atoms with van der Waals surface area (Å²) in [4.78, 5) is 21.3. The summed E-state index contributed by atoms with van der Waals surface area (Å²) in [5.41, 5.74) is 1.81. The predicted molar refractivity (Wildman–Crippen MR) is 70.2 cm³/mol. The molecule has 0 spiro atoms. The van der Waals surface area contributed by atoms with Gasteiger partial charge in [0.1, 0.15) is 17.1 Å². The molecule has 0 bridgehead atoms. The van der Waals surface area contributed by atoms with Crippen molar-refractivity contribution in [2.75, 3.05) is 6.61 Å². The van der Waals surface area contributed by atoms with E-state index in [2.05, 4.69) is 20.3 Å². The molecule has 8 nitrogen and oxygen atoms in total. The van der Waals surface area contributed by atoms with Crippen LogP contribution in [0.25, 0.3) is 11.0 Å². The number of aryl methyl sites for hydroxylation is 1. The third kappa shape index (κ3) is 1.77. The fraction of sp³-hybridized carbons (Fsp3) is 0.500. The second kappa shape index (κ2) is 4.67. The Hall–Kier alpha value is -1.74. The van der Waals surface area contributed by atoms with Gasteiger partial charge < -0.3 is 30.6 Å². The minimum atomic E-state index is -1.08. The molecule has 4 atom stereocenters. The SMILES string of the molecule is Cc1[nH]c2c(=O)[nH]cnc2c1[C@@H]1N[C@H](CO)[C@@H](O)[C@H]1O. The molecule has 3 rings (SSSR count). The number of aliphatic hydroxyl groups excluding tert-OH is 3. The Morgan fingerprint density at radius 3 is 2.75 bits per heavy atom. The maximum absolute atomic E-state index is 11.7. The fourth-order valence-corrected chi connectivity index (χ4v) is 2.81. The summed E-state index contributed by atoms with van der Waals surface area (Å²) in [5.74, 6) is 0. The van der Waals surface area contributed by atoms with Crippen molar-refractivity contribution in [1.82, 2.24) is 20.3 Å². The highest BCUT2D eigenvalue weighted by molar-refractivity contribution is 5.80. The van der Waals surface area contributed by atoms with Gasteiger partial charge in [0.25, 0.3) is 5.56 Å². The average molecular weight is 280 g/mol. The van der Waals surface area contributed by atoms with E-state index < -0.39 is 24.3 Å². The first kappa shape index (κ1) is 13.3. The molecule has 1 saturated heterocycles. The number of aliphatic hydroxyl groups is 3. The predicted octanol–water partition coefficient (Wildman–Crippen LogP) is -1.71. The summed E-state index contributed by atoms with van der Waals surface area (Å²) in [7, 11) is 0. The number of rotatable bonds is 2. The van der Waals surface area contributed by atoms with Crippen LogP contribution in [-0.2, 0) is 0 Å². The van der Waals surface area contributed by atoms with Gasteiger partial charge in [-0.1, -0.05) is 0 Å². The lowest BCUT2D eigenvalue weighted by atomic mass is 10.0. The molecule has 2 aromatic heterocycles. The molecule has 1 fully saturated rings. The zero-order valence-corrected chi connectivity index (χ0v) is 10.8. The molecule has 108 valence electrons. The van der Waals surface area contributed by atoms with Crippen molar-refractivity contribution in [2.45, 2.75) is 31.2 Å². The summed E-state index contributed by atoms with van der Waals surface area (Å²) in [6.07, 6.45) is -0.856. The number of fused-ring (bicyclic) bond motifs is 1. The highest BCUT2D eigenvalue weighted by Crippen LogP contribution is 2.32. The van der Waals surface area contributed by atoms with Crippen LogP contribution in [0, 0.1) is 6.92 Å². The van der Waals surface area contributed by atoms with Crippen LogP contribution < -0.4 is 10.9 Å². The molecular weight excluding hydrogens is 264 g/mol. The monoisotopic (exact) mass is 280 g/mol. The quantitative estimate of drug-likeness (QED) is 0.388. The van der Waals surface area contributed by atoms with Crippen LogP contribution in [-0.4, -0.2) is 55.1 Å². The number of hydrogen-bond acceptors (Lipinski definition) is 6. The molecule has 6 N–H and O–H groups in total. The molecule has 0 unspecified atom stereocenters. The van der Waals surface area contributed by atoms with Crippen LogP contribution in [0.3, 0.4) is 0 Å². The number of H-pyrrole nitrogens is 2. The lowest BCUT2D eigenvalue weighted by Crippen LogP contribution is -2.35. The topological polar surface area (TPSA) is 134 Å². The van der Waals surface area contributed by atoms with Crippen LogP contribution in [0.4, 0.5) is 0 Å². The van der Waals surface area contributed by atoms with Gasteiger partial charge in [-0.25, -0.2) is 4.98 Å². The lowest BCUT2D eigenvalue weighted by molar-refractivity contribution is 0.0195. The summed E-state index contributed by atoms with van der Waals surface area (Å²) in [6, 6.07) is -1.20.